The average molecular weight is 410 g/mol. The first-order valence-electron chi connectivity index (χ1n) is 8.75. The Hall–Kier alpha value is -3.52. The number of aliphatic imine (C=N–C) groups is 2. The molecule has 0 N–H and O–H groups in total. The summed E-state index contributed by atoms with van der Waals surface area (Å²) in [5.74, 6) is 0.152. The molecule has 0 aromatic heterocycles. The highest BCUT2D eigenvalue weighted by atomic mass is 35.5. The molecule has 1 amide bonds. The first-order valence-corrected chi connectivity index (χ1v) is 9.13. The highest BCUT2D eigenvalue weighted by molar-refractivity contribution is 6.37. The lowest BCUT2D eigenvalue weighted by Gasteiger charge is -2.19. The summed E-state index contributed by atoms with van der Waals surface area (Å²) >= 11 is 6.37. The number of amides is 1. The molecule has 9 heteroatoms. The van der Waals surface area contributed by atoms with E-state index in [1.807, 2.05) is 6.07 Å². The number of carbonyl (C=O) groups is 1. The topological polar surface area (TPSA) is 91.4 Å². The minimum absolute atomic E-state index is 0.0976. The number of nitro benzene ring substituents is 1. The van der Waals surface area contributed by atoms with Crippen molar-refractivity contribution < 1.29 is 9.72 Å². The molecular weight excluding hydrogens is 394 g/mol. The number of benzene rings is 2. The highest BCUT2D eigenvalue weighted by Gasteiger charge is 2.36. The maximum atomic E-state index is 13.0. The summed E-state index contributed by atoms with van der Waals surface area (Å²) in [6, 6.07) is 11.5. The number of fused-ring (bicyclic) bond motifs is 3. The van der Waals surface area contributed by atoms with Crippen LogP contribution in [0.4, 0.5) is 11.4 Å². The molecule has 0 aliphatic carbocycles. The number of hydrogen-bond donors (Lipinski definition) is 0. The van der Waals surface area contributed by atoms with Crippen LogP contribution < -0.4 is 4.90 Å². The Balaban J connectivity index is 1.95. The SMILES string of the molecule is CN(C)/C=C1\N=C2CN=C(c3ccccc3Cl)c3cc([N+](=O)[O-])ccc3N2C1=O. The van der Waals surface area contributed by atoms with E-state index in [2.05, 4.69) is 9.98 Å². The van der Waals surface area contributed by atoms with Gasteiger partial charge in [0.05, 0.1) is 22.9 Å². The fourth-order valence-corrected chi connectivity index (χ4v) is 3.52. The minimum atomic E-state index is -0.479. The van der Waals surface area contributed by atoms with Crippen LogP contribution in [0.3, 0.4) is 0 Å². The van der Waals surface area contributed by atoms with Gasteiger partial charge in [0.15, 0.2) is 0 Å². The molecule has 146 valence electrons. The van der Waals surface area contributed by atoms with Gasteiger partial charge in [0.25, 0.3) is 11.6 Å². The van der Waals surface area contributed by atoms with Crippen molar-refractivity contribution in [1.29, 1.82) is 0 Å². The molecule has 2 aromatic rings. The molecule has 0 bridgehead atoms. The monoisotopic (exact) mass is 409 g/mol. The summed E-state index contributed by atoms with van der Waals surface area (Å²) in [5.41, 5.74) is 2.24. The summed E-state index contributed by atoms with van der Waals surface area (Å²) < 4.78 is 0. The van der Waals surface area contributed by atoms with E-state index in [4.69, 9.17) is 11.6 Å². The molecule has 2 heterocycles. The predicted molar refractivity (Wildman–Crippen MR) is 112 cm³/mol. The Morgan fingerprint density at radius 3 is 2.66 bits per heavy atom. The molecule has 0 atom stereocenters. The van der Waals surface area contributed by atoms with Crippen molar-refractivity contribution in [3.05, 3.63) is 80.6 Å². The van der Waals surface area contributed by atoms with Crippen molar-refractivity contribution in [2.45, 2.75) is 0 Å². The predicted octanol–water partition coefficient (Wildman–Crippen LogP) is 3.25. The van der Waals surface area contributed by atoms with Crippen molar-refractivity contribution in [3.63, 3.8) is 0 Å². The molecule has 2 aliphatic rings. The van der Waals surface area contributed by atoms with Gasteiger partial charge in [-0.05, 0) is 12.1 Å². The van der Waals surface area contributed by atoms with Crippen LogP contribution in [0.5, 0.6) is 0 Å². The second-order valence-corrected chi connectivity index (χ2v) is 7.16. The number of hydrogen-bond acceptors (Lipinski definition) is 6. The van der Waals surface area contributed by atoms with Crippen LogP contribution in [0.15, 0.2) is 64.3 Å². The van der Waals surface area contributed by atoms with Crippen molar-refractivity contribution >= 4 is 40.4 Å². The van der Waals surface area contributed by atoms with E-state index in [0.717, 1.165) is 0 Å². The number of amidine groups is 1. The normalized spacial score (nSPS) is 16.7. The van der Waals surface area contributed by atoms with Gasteiger partial charge in [-0.15, -0.1) is 0 Å². The third-order valence-corrected chi connectivity index (χ3v) is 4.83. The van der Waals surface area contributed by atoms with E-state index in [9.17, 15) is 14.9 Å². The van der Waals surface area contributed by atoms with Crippen molar-refractivity contribution in [1.82, 2.24) is 4.90 Å². The minimum Gasteiger partial charge on any atom is -0.382 e. The molecule has 0 spiro atoms. The fourth-order valence-electron chi connectivity index (χ4n) is 3.29. The zero-order valence-electron chi connectivity index (χ0n) is 15.7. The van der Waals surface area contributed by atoms with Gasteiger partial charge in [-0.2, -0.15) is 0 Å². The highest BCUT2D eigenvalue weighted by Crippen LogP contribution is 2.35. The van der Waals surface area contributed by atoms with Crippen LogP contribution in [-0.4, -0.2) is 47.9 Å². The molecule has 2 aliphatic heterocycles. The lowest BCUT2D eigenvalue weighted by atomic mass is 9.99. The van der Waals surface area contributed by atoms with Crippen LogP contribution >= 0.6 is 11.6 Å². The maximum absolute atomic E-state index is 13.0. The second-order valence-electron chi connectivity index (χ2n) is 6.75. The quantitative estimate of drug-likeness (QED) is 0.442. The van der Waals surface area contributed by atoms with E-state index in [0.29, 0.717) is 33.4 Å². The zero-order chi connectivity index (χ0) is 20.7. The van der Waals surface area contributed by atoms with Gasteiger partial charge >= 0.3 is 0 Å². The van der Waals surface area contributed by atoms with E-state index < -0.39 is 4.92 Å². The summed E-state index contributed by atoms with van der Waals surface area (Å²) in [7, 11) is 3.60. The van der Waals surface area contributed by atoms with E-state index in [1.165, 1.54) is 17.0 Å². The Kier molecular flexibility index (Phi) is 4.63. The molecular formula is C20H16ClN5O3. The molecule has 8 nitrogen and oxygen atoms in total. The number of anilines is 1. The first-order chi connectivity index (χ1) is 13.9. The van der Waals surface area contributed by atoms with Gasteiger partial charge in [0.1, 0.15) is 11.5 Å². The second kappa shape index (κ2) is 7.14. The van der Waals surface area contributed by atoms with Gasteiger partial charge in [-0.3, -0.25) is 24.8 Å². The number of rotatable bonds is 3. The Labute approximate surface area is 171 Å². The van der Waals surface area contributed by atoms with Gasteiger partial charge < -0.3 is 4.90 Å². The Morgan fingerprint density at radius 1 is 1.21 bits per heavy atom. The molecule has 0 radical (unpaired) electrons. The standard InChI is InChI=1S/C20H16ClN5O3/c1-24(2)11-16-20(27)25-17-8-7-12(26(28)29)9-14(17)19(22-10-18(25)23-16)13-5-3-4-6-15(13)21/h3-9,11H,10H2,1-2H3/b16-11-. The smallest absolute Gasteiger partial charge is 0.284 e. The van der Waals surface area contributed by atoms with Crippen LogP contribution in [0.2, 0.25) is 5.02 Å². The van der Waals surface area contributed by atoms with Crippen LogP contribution in [0.25, 0.3) is 0 Å². The summed E-state index contributed by atoms with van der Waals surface area (Å²) in [6.45, 7) is 0.138. The van der Waals surface area contributed by atoms with E-state index in [1.54, 1.807) is 49.5 Å². The molecule has 2 aromatic carbocycles. The van der Waals surface area contributed by atoms with Gasteiger partial charge in [-0.25, -0.2) is 4.99 Å². The van der Waals surface area contributed by atoms with E-state index >= 15 is 0 Å². The molecule has 29 heavy (non-hydrogen) atoms. The molecule has 0 unspecified atom stereocenters. The van der Waals surface area contributed by atoms with Crippen molar-refractivity contribution in [2.75, 3.05) is 25.5 Å². The first kappa shape index (κ1) is 18.8. The molecule has 0 saturated heterocycles. The summed E-state index contributed by atoms with van der Waals surface area (Å²) in [4.78, 5) is 36.2. The average Bonchev–Trinajstić information content (AvgIpc) is 2.88. The number of carbonyl (C=O) groups excluding carboxylic acids is 1. The molecule has 0 fully saturated rings. The zero-order valence-corrected chi connectivity index (χ0v) is 16.4. The lowest BCUT2D eigenvalue weighted by Crippen LogP contribution is -2.33. The Bertz CT molecular complexity index is 1140. The number of non-ortho nitro benzene ring substituents is 1. The third-order valence-electron chi connectivity index (χ3n) is 4.50. The van der Waals surface area contributed by atoms with Gasteiger partial charge in [-0.1, -0.05) is 29.8 Å². The summed E-state index contributed by atoms with van der Waals surface area (Å²) in [6.07, 6.45) is 1.63. The lowest BCUT2D eigenvalue weighted by molar-refractivity contribution is -0.384. The summed E-state index contributed by atoms with van der Waals surface area (Å²) in [5, 5.41) is 11.8. The van der Waals surface area contributed by atoms with Gasteiger partial charge in [0.2, 0.25) is 0 Å². The fraction of sp³-hybridized carbons (Fsp3) is 0.150. The van der Waals surface area contributed by atoms with Crippen LogP contribution in [0, 0.1) is 10.1 Å². The van der Waals surface area contributed by atoms with E-state index in [-0.39, 0.29) is 23.8 Å². The van der Waals surface area contributed by atoms with Crippen molar-refractivity contribution in [2.24, 2.45) is 9.98 Å². The number of nitro groups is 1. The van der Waals surface area contributed by atoms with Crippen LogP contribution in [0.1, 0.15) is 11.1 Å². The molecule has 4 rings (SSSR count). The third kappa shape index (κ3) is 3.27. The van der Waals surface area contributed by atoms with Crippen molar-refractivity contribution in [3.8, 4) is 0 Å². The number of halogens is 1. The molecule has 0 saturated carbocycles. The Morgan fingerprint density at radius 2 is 1.97 bits per heavy atom. The van der Waals surface area contributed by atoms with Crippen LogP contribution in [-0.2, 0) is 4.79 Å². The number of nitrogens with zero attached hydrogens (tertiary/aromatic N) is 5. The van der Waals surface area contributed by atoms with Gasteiger partial charge in [0, 0.05) is 48.6 Å². The maximum Gasteiger partial charge on any atom is 0.284 e. The largest absolute Gasteiger partial charge is 0.382 e.